The maximum Gasteiger partial charge on any atom is 0.331 e. The maximum absolute atomic E-state index is 12.7. The minimum absolute atomic E-state index is 0.430. The highest BCUT2D eigenvalue weighted by atomic mass is 16.5. The molecule has 3 aromatic rings. The van der Waals surface area contributed by atoms with Crippen molar-refractivity contribution in [1.29, 1.82) is 0 Å². The molecule has 0 aromatic carbocycles. The van der Waals surface area contributed by atoms with E-state index in [4.69, 9.17) is 13.6 Å². The Hall–Kier alpha value is -3.94. The van der Waals surface area contributed by atoms with Crippen LogP contribution in [-0.2, 0) is 14.3 Å². The lowest BCUT2D eigenvalue weighted by Crippen LogP contribution is -2.31. The molecule has 0 spiro atoms. The molecule has 1 aliphatic heterocycles. The Morgan fingerprint density at radius 2 is 2.00 bits per heavy atom. The van der Waals surface area contributed by atoms with Crippen LogP contribution in [0.2, 0.25) is 0 Å². The van der Waals surface area contributed by atoms with E-state index in [0.29, 0.717) is 29.3 Å². The maximum atomic E-state index is 12.7. The number of furan rings is 2. The summed E-state index contributed by atoms with van der Waals surface area (Å²) < 4.78 is 15.9. The fraction of sp³-hybridized carbons (Fsp3) is 0.143. The molecular weight excluding hydrogens is 374 g/mol. The zero-order valence-electron chi connectivity index (χ0n) is 15.3. The second-order valence-electron chi connectivity index (χ2n) is 6.19. The molecule has 0 bridgehead atoms. The average Bonchev–Trinajstić information content (AvgIpc) is 3.51. The molecule has 1 atom stereocenters. The van der Waals surface area contributed by atoms with Gasteiger partial charge in [-0.3, -0.25) is 9.78 Å². The van der Waals surface area contributed by atoms with Crippen molar-refractivity contribution in [2.24, 2.45) is 5.10 Å². The van der Waals surface area contributed by atoms with Crippen molar-refractivity contribution in [3.05, 3.63) is 84.5 Å². The Balaban J connectivity index is 1.42. The number of aromatic nitrogens is 1. The molecule has 0 saturated carbocycles. The normalized spacial score (nSPS) is 16.2. The second kappa shape index (κ2) is 8.39. The topological polar surface area (TPSA) is 98.1 Å². The number of esters is 1. The predicted octanol–water partition coefficient (Wildman–Crippen LogP) is 3.20. The van der Waals surface area contributed by atoms with E-state index in [9.17, 15) is 9.59 Å². The first-order valence-corrected chi connectivity index (χ1v) is 8.93. The number of carbonyl (C=O) groups excluding carboxylic acids is 2. The number of ether oxygens (including phenoxy) is 1. The van der Waals surface area contributed by atoms with Gasteiger partial charge in [-0.25, -0.2) is 9.80 Å². The highest BCUT2D eigenvalue weighted by Crippen LogP contribution is 2.33. The fourth-order valence-corrected chi connectivity index (χ4v) is 2.91. The third-order valence-electron chi connectivity index (χ3n) is 4.26. The molecule has 0 aliphatic carbocycles. The van der Waals surface area contributed by atoms with E-state index in [1.165, 1.54) is 23.4 Å². The van der Waals surface area contributed by atoms with E-state index in [0.717, 1.165) is 0 Å². The van der Waals surface area contributed by atoms with Crippen LogP contribution in [0.4, 0.5) is 0 Å². The lowest BCUT2D eigenvalue weighted by atomic mass is 10.1. The Morgan fingerprint density at radius 1 is 1.14 bits per heavy atom. The number of hydrogen-bond acceptors (Lipinski definition) is 7. The standard InChI is InChI=1S/C21H17N3O5/c25-20(14-29-21(26)9-8-15-5-1-2-10-22-15)24-17(19-7-4-12-28-19)13-16(23-24)18-6-3-11-27-18/h1-12,17H,13-14H2. The van der Waals surface area contributed by atoms with Crippen LogP contribution >= 0.6 is 0 Å². The van der Waals surface area contributed by atoms with Crippen LogP contribution in [0.1, 0.15) is 29.7 Å². The van der Waals surface area contributed by atoms with Gasteiger partial charge in [-0.1, -0.05) is 6.07 Å². The molecule has 8 nitrogen and oxygen atoms in total. The highest BCUT2D eigenvalue weighted by molar-refractivity contribution is 6.01. The first kappa shape index (κ1) is 18.4. The van der Waals surface area contributed by atoms with Crippen molar-refractivity contribution < 1.29 is 23.2 Å². The van der Waals surface area contributed by atoms with Crippen molar-refractivity contribution in [3.63, 3.8) is 0 Å². The molecule has 1 amide bonds. The van der Waals surface area contributed by atoms with Gasteiger partial charge in [0.15, 0.2) is 6.61 Å². The second-order valence-corrected chi connectivity index (χ2v) is 6.19. The van der Waals surface area contributed by atoms with E-state index in [1.807, 2.05) is 0 Å². The molecule has 8 heteroatoms. The van der Waals surface area contributed by atoms with Crippen LogP contribution in [0, 0.1) is 0 Å². The smallest absolute Gasteiger partial charge is 0.331 e. The van der Waals surface area contributed by atoms with Crippen molar-refractivity contribution in [2.75, 3.05) is 6.61 Å². The first-order chi connectivity index (χ1) is 14.2. The number of rotatable bonds is 6. The molecular formula is C21H17N3O5. The summed E-state index contributed by atoms with van der Waals surface area (Å²) in [6, 6.07) is 11.9. The molecule has 1 unspecified atom stereocenters. The summed E-state index contributed by atoms with van der Waals surface area (Å²) in [5, 5.41) is 5.64. The van der Waals surface area contributed by atoms with Gasteiger partial charge in [0.1, 0.15) is 23.3 Å². The number of nitrogens with zero attached hydrogens (tertiary/aromatic N) is 3. The first-order valence-electron chi connectivity index (χ1n) is 8.93. The number of hydrogen-bond donors (Lipinski definition) is 0. The Morgan fingerprint density at radius 3 is 2.72 bits per heavy atom. The zero-order chi connectivity index (χ0) is 20.1. The lowest BCUT2D eigenvalue weighted by molar-refractivity contribution is -0.149. The largest absolute Gasteiger partial charge is 0.467 e. The van der Waals surface area contributed by atoms with Crippen LogP contribution in [0.3, 0.4) is 0 Å². The fourth-order valence-electron chi connectivity index (χ4n) is 2.91. The van der Waals surface area contributed by atoms with Gasteiger partial charge < -0.3 is 13.6 Å². The Labute approximate surface area is 166 Å². The van der Waals surface area contributed by atoms with E-state index < -0.39 is 24.5 Å². The van der Waals surface area contributed by atoms with Crippen molar-refractivity contribution >= 4 is 23.7 Å². The SMILES string of the molecule is O=C(C=Cc1ccccn1)OCC(=O)N1N=C(c2ccco2)CC1c1ccco1. The van der Waals surface area contributed by atoms with Crippen LogP contribution in [0.15, 0.2) is 81.2 Å². The molecule has 29 heavy (non-hydrogen) atoms. The Kier molecular flexibility index (Phi) is 5.33. The zero-order valence-corrected chi connectivity index (χ0v) is 15.3. The van der Waals surface area contributed by atoms with Gasteiger partial charge in [-0.15, -0.1) is 0 Å². The summed E-state index contributed by atoms with van der Waals surface area (Å²) in [5.74, 6) is 0.0534. The van der Waals surface area contributed by atoms with Gasteiger partial charge in [0.05, 0.1) is 18.2 Å². The van der Waals surface area contributed by atoms with Crippen LogP contribution < -0.4 is 0 Å². The van der Waals surface area contributed by atoms with Gasteiger partial charge >= 0.3 is 5.97 Å². The number of pyridine rings is 1. The van der Waals surface area contributed by atoms with Crippen LogP contribution in [0.25, 0.3) is 6.08 Å². The van der Waals surface area contributed by atoms with E-state index in [1.54, 1.807) is 54.9 Å². The highest BCUT2D eigenvalue weighted by Gasteiger charge is 2.36. The van der Waals surface area contributed by atoms with Crippen LogP contribution in [-0.4, -0.2) is 34.2 Å². The molecule has 0 fully saturated rings. The van der Waals surface area contributed by atoms with Gasteiger partial charge in [-0.05, 0) is 42.5 Å². The van der Waals surface area contributed by atoms with Gasteiger partial charge in [0, 0.05) is 18.7 Å². The number of amides is 1. The van der Waals surface area contributed by atoms with Crippen LogP contribution in [0.5, 0.6) is 0 Å². The Bertz CT molecular complexity index is 1020. The molecule has 3 aromatic heterocycles. The predicted molar refractivity (Wildman–Crippen MR) is 102 cm³/mol. The van der Waals surface area contributed by atoms with Crippen molar-refractivity contribution in [3.8, 4) is 0 Å². The monoisotopic (exact) mass is 391 g/mol. The van der Waals surface area contributed by atoms with Gasteiger partial charge in [0.2, 0.25) is 0 Å². The van der Waals surface area contributed by atoms with Gasteiger partial charge in [-0.2, -0.15) is 5.10 Å². The third-order valence-corrected chi connectivity index (χ3v) is 4.26. The molecule has 4 rings (SSSR count). The quantitative estimate of drug-likeness (QED) is 0.473. The average molecular weight is 391 g/mol. The molecule has 146 valence electrons. The molecule has 0 radical (unpaired) electrons. The van der Waals surface area contributed by atoms with Crippen molar-refractivity contribution in [1.82, 2.24) is 9.99 Å². The summed E-state index contributed by atoms with van der Waals surface area (Å²) in [6.45, 7) is -0.447. The van der Waals surface area contributed by atoms with Crippen molar-refractivity contribution in [2.45, 2.75) is 12.5 Å². The summed E-state index contributed by atoms with van der Waals surface area (Å²) in [6.07, 6.45) is 7.86. The van der Waals surface area contributed by atoms with E-state index in [-0.39, 0.29) is 0 Å². The minimum atomic E-state index is -0.645. The minimum Gasteiger partial charge on any atom is -0.467 e. The molecule has 0 N–H and O–H groups in total. The summed E-state index contributed by atoms with van der Waals surface area (Å²) in [7, 11) is 0. The molecule has 4 heterocycles. The van der Waals surface area contributed by atoms with Gasteiger partial charge in [0.25, 0.3) is 5.91 Å². The van der Waals surface area contributed by atoms with E-state index >= 15 is 0 Å². The van der Waals surface area contributed by atoms with E-state index in [2.05, 4.69) is 10.1 Å². The lowest BCUT2D eigenvalue weighted by Gasteiger charge is -2.19. The summed E-state index contributed by atoms with van der Waals surface area (Å²) in [5.41, 5.74) is 1.23. The molecule has 1 aliphatic rings. The number of carbonyl (C=O) groups is 2. The number of hydrazone groups is 1. The molecule has 0 saturated heterocycles. The summed E-state index contributed by atoms with van der Waals surface area (Å²) in [4.78, 5) is 28.7. The third kappa shape index (κ3) is 4.32. The summed E-state index contributed by atoms with van der Waals surface area (Å²) >= 11 is 0.